The van der Waals surface area contributed by atoms with Crippen LogP contribution in [0.15, 0.2) is 24.3 Å². The van der Waals surface area contributed by atoms with Crippen molar-refractivity contribution in [3.8, 4) is 0 Å². The maximum absolute atomic E-state index is 13.1. The van der Waals surface area contributed by atoms with Crippen LogP contribution >= 0.6 is 0 Å². The highest BCUT2D eigenvalue weighted by Crippen LogP contribution is 2.33. The van der Waals surface area contributed by atoms with E-state index in [0.717, 1.165) is 32.6 Å². The van der Waals surface area contributed by atoms with Gasteiger partial charge in [-0.15, -0.1) is 0 Å². The van der Waals surface area contributed by atoms with Gasteiger partial charge in [-0.2, -0.15) is 13.2 Å². The Balaban J connectivity index is 1.74. The first kappa shape index (κ1) is 14.9. The summed E-state index contributed by atoms with van der Waals surface area (Å²) in [5, 5.41) is 0. The maximum atomic E-state index is 13.1. The Morgan fingerprint density at radius 3 is 2.62 bits per heavy atom. The standard InChI is InChI=1S/C16H21F3N2/c17-16(18,19)15-7-2-1-5-13(15)11-20-8-4-10-21-9-3-6-14(21)12-20/h1-2,5,7,14H,3-4,6,8-12H2/t14-/m1/s1. The first-order chi connectivity index (χ1) is 10.0. The van der Waals surface area contributed by atoms with Crippen molar-refractivity contribution in [2.45, 2.75) is 38.0 Å². The topological polar surface area (TPSA) is 6.48 Å². The Hall–Kier alpha value is -1.07. The zero-order valence-electron chi connectivity index (χ0n) is 12.1. The zero-order chi connectivity index (χ0) is 14.9. The Morgan fingerprint density at radius 1 is 1.05 bits per heavy atom. The van der Waals surface area contributed by atoms with Gasteiger partial charge in [0.1, 0.15) is 0 Å². The molecule has 0 saturated carbocycles. The summed E-state index contributed by atoms with van der Waals surface area (Å²) in [6.07, 6.45) is -0.818. The summed E-state index contributed by atoms with van der Waals surface area (Å²) in [6.45, 7) is 4.42. The molecule has 0 N–H and O–H groups in total. The van der Waals surface area contributed by atoms with Gasteiger partial charge in [0, 0.05) is 19.1 Å². The van der Waals surface area contributed by atoms with Gasteiger partial charge in [-0.3, -0.25) is 9.80 Å². The fourth-order valence-electron chi connectivity index (χ4n) is 3.60. The van der Waals surface area contributed by atoms with Gasteiger partial charge in [-0.25, -0.2) is 0 Å². The van der Waals surface area contributed by atoms with Crippen molar-refractivity contribution in [2.24, 2.45) is 0 Å². The lowest BCUT2D eigenvalue weighted by Crippen LogP contribution is -2.36. The number of nitrogens with zero attached hydrogens (tertiary/aromatic N) is 2. The summed E-state index contributed by atoms with van der Waals surface area (Å²) in [5.41, 5.74) is -0.0889. The van der Waals surface area contributed by atoms with Crippen LogP contribution in [0.5, 0.6) is 0 Å². The van der Waals surface area contributed by atoms with Crippen LogP contribution in [0.1, 0.15) is 30.4 Å². The van der Waals surface area contributed by atoms with Crippen molar-refractivity contribution in [1.82, 2.24) is 9.80 Å². The van der Waals surface area contributed by atoms with Crippen molar-refractivity contribution in [3.63, 3.8) is 0 Å². The number of hydrogen-bond donors (Lipinski definition) is 0. The average molecular weight is 298 g/mol. The van der Waals surface area contributed by atoms with Crippen LogP contribution in [-0.4, -0.2) is 42.0 Å². The second kappa shape index (κ2) is 5.97. The summed E-state index contributed by atoms with van der Waals surface area (Å²) in [6, 6.07) is 6.50. The quantitative estimate of drug-likeness (QED) is 0.826. The third-order valence-corrected chi connectivity index (χ3v) is 4.60. The van der Waals surface area contributed by atoms with E-state index in [1.807, 2.05) is 0 Å². The Bertz CT molecular complexity index is 487. The van der Waals surface area contributed by atoms with Crippen LogP contribution in [0.3, 0.4) is 0 Å². The lowest BCUT2D eigenvalue weighted by atomic mass is 10.1. The highest BCUT2D eigenvalue weighted by molar-refractivity contribution is 5.29. The molecule has 2 aliphatic rings. The molecule has 0 aromatic heterocycles. The smallest absolute Gasteiger partial charge is 0.299 e. The van der Waals surface area contributed by atoms with E-state index in [1.165, 1.54) is 25.0 Å². The molecule has 0 amide bonds. The van der Waals surface area contributed by atoms with E-state index < -0.39 is 11.7 Å². The normalized spacial score (nSPS) is 24.8. The monoisotopic (exact) mass is 298 g/mol. The predicted molar refractivity (Wildman–Crippen MR) is 75.9 cm³/mol. The fourth-order valence-corrected chi connectivity index (χ4v) is 3.60. The summed E-state index contributed by atoms with van der Waals surface area (Å²) >= 11 is 0. The molecular weight excluding hydrogens is 277 g/mol. The van der Waals surface area contributed by atoms with Gasteiger partial charge in [0.2, 0.25) is 0 Å². The minimum atomic E-state index is -4.26. The molecule has 5 heteroatoms. The minimum absolute atomic E-state index is 0.399. The second-order valence-corrected chi connectivity index (χ2v) is 6.08. The summed E-state index contributed by atoms with van der Waals surface area (Å²) in [7, 11) is 0. The van der Waals surface area contributed by atoms with Crippen LogP contribution < -0.4 is 0 Å². The number of hydrogen-bond acceptors (Lipinski definition) is 2. The molecular formula is C16H21F3N2. The third-order valence-electron chi connectivity index (χ3n) is 4.60. The molecule has 0 aliphatic carbocycles. The molecule has 0 spiro atoms. The van der Waals surface area contributed by atoms with Crippen LogP contribution in [-0.2, 0) is 12.7 Å². The van der Waals surface area contributed by atoms with E-state index in [0.29, 0.717) is 18.2 Å². The number of rotatable bonds is 2. The van der Waals surface area contributed by atoms with Crippen LogP contribution in [0.25, 0.3) is 0 Å². The number of halogens is 3. The molecule has 1 atom stereocenters. The number of fused-ring (bicyclic) bond motifs is 1. The highest BCUT2D eigenvalue weighted by atomic mass is 19.4. The largest absolute Gasteiger partial charge is 0.416 e. The summed E-state index contributed by atoms with van der Waals surface area (Å²) in [5.74, 6) is 0. The first-order valence-corrected chi connectivity index (χ1v) is 7.65. The average Bonchev–Trinajstić information content (AvgIpc) is 2.77. The highest BCUT2D eigenvalue weighted by Gasteiger charge is 2.34. The van der Waals surface area contributed by atoms with Crippen molar-refractivity contribution in [2.75, 3.05) is 26.2 Å². The lowest BCUT2D eigenvalue weighted by molar-refractivity contribution is -0.138. The van der Waals surface area contributed by atoms with Gasteiger partial charge in [0.25, 0.3) is 0 Å². The molecule has 116 valence electrons. The molecule has 1 aromatic rings. The van der Waals surface area contributed by atoms with Gasteiger partial charge in [-0.05, 0) is 50.5 Å². The number of benzene rings is 1. The zero-order valence-corrected chi connectivity index (χ0v) is 12.1. The van der Waals surface area contributed by atoms with Crippen molar-refractivity contribution < 1.29 is 13.2 Å². The summed E-state index contributed by atoms with van der Waals surface area (Å²) in [4.78, 5) is 4.69. The molecule has 2 nitrogen and oxygen atoms in total. The van der Waals surface area contributed by atoms with E-state index >= 15 is 0 Å². The van der Waals surface area contributed by atoms with Gasteiger partial charge < -0.3 is 0 Å². The molecule has 21 heavy (non-hydrogen) atoms. The molecule has 2 fully saturated rings. The molecule has 0 unspecified atom stereocenters. The molecule has 2 aliphatic heterocycles. The van der Waals surface area contributed by atoms with E-state index in [-0.39, 0.29) is 0 Å². The van der Waals surface area contributed by atoms with Crippen LogP contribution in [0, 0.1) is 0 Å². The van der Waals surface area contributed by atoms with Crippen molar-refractivity contribution >= 4 is 0 Å². The third kappa shape index (κ3) is 3.40. The van der Waals surface area contributed by atoms with E-state index in [4.69, 9.17) is 0 Å². The summed E-state index contributed by atoms with van der Waals surface area (Å²) < 4.78 is 39.2. The van der Waals surface area contributed by atoms with Gasteiger partial charge in [0.15, 0.2) is 0 Å². The van der Waals surface area contributed by atoms with E-state index in [2.05, 4.69) is 9.80 Å². The lowest BCUT2D eigenvalue weighted by Gasteiger charge is -2.26. The molecule has 2 saturated heterocycles. The van der Waals surface area contributed by atoms with Crippen LogP contribution in [0.4, 0.5) is 13.2 Å². The molecule has 0 bridgehead atoms. The Labute approximate surface area is 123 Å². The van der Waals surface area contributed by atoms with E-state index in [1.54, 1.807) is 12.1 Å². The minimum Gasteiger partial charge on any atom is -0.299 e. The fraction of sp³-hybridized carbons (Fsp3) is 0.625. The maximum Gasteiger partial charge on any atom is 0.416 e. The van der Waals surface area contributed by atoms with Gasteiger partial charge in [0.05, 0.1) is 5.56 Å². The second-order valence-electron chi connectivity index (χ2n) is 6.08. The number of alkyl halides is 3. The molecule has 0 radical (unpaired) electrons. The van der Waals surface area contributed by atoms with Gasteiger partial charge >= 0.3 is 6.18 Å². The molecule has 2 heterocycles. The SMILES string of the molecule is FC(F)(F)c1ccccc1CN1CCCN2CCC[C@@H]2C1. The van der Waals surface area contributed by atoms with Crippen molar-refractivity contribution in [3.05, 3.63) is 35.4 Å². The molecule has 3 rings (SSSR count). The van der Waals surface area contributed by atoms with Crippen LogP contribution in [0.2, 0.25) is 0 Å². The molecule has 1 aromatic carbocycles. The van der Waals surface area contributed by atoms with E-state index in [9.17, 15) is 13.2 Å². The Morgan fingerprint density at radius 2 is 1.81 bits per heavy atom. The van der Waals surface area contributed by atoms with Gasteiger partial charge in [-0.1, -0.05) is 18.2 Å². The van der Waals surface area contributed by atoms with Crippen molar-refractivity contribution in [1.29, 1.82) is 0 Å². The first-order valence-electron chi connectivity index (χ1n) is 7.65. The predicted octanol–water partition coefficient (Wildman–Crippen LogP) is 3.38. The Kier molecular flexibility index (Phi) is 4.22.